The minimum absolute atomic E-state index is 0.0446. The normalized spacial score (nSPS) is 14.2. The van der Waals surface area contributed by atoms with Crippen LogP contribution in [0.3, 0.4) is 0 Å². The third-order valence-electron chi connectivity index (χ3n) is 4.19. The molecule has 134 valence electrons. The second-order valence-corrected chi connectivity index (χ2v) is 6.34. The summed E-state index contributed by atoms with van der Waals surface area (Å²) in [7, 11) is 0. The summed E-state index contributed by atoms with van der Waals surface area (Å²) in [6, 6.07) is 5.01. The first kappa shape index (κ1) is 16.3. The number of nitrogen functional groups attached to an aromatic ring is 1. The number of ether oxygens (including phenoxy) is 1. The summed E-state index contributed by atoms with van der Waals surface area (Å²) in [4.78, 5) is 16.3. The van der Waals surface area contributed by atoms with E-state index in [1.165, 1.54) is 31.4 Å². The van der Waals surface area contributed by atoms with Gasteiger partial charge in [0.05, 0.1) is 6.21 Å². The Hall–Kier alpha value is -3.16. The van der Waals surface area contributed by atoms with Crippen molar-refractivity contribution in [2.45, 2.75) is 19.8 Å². The number of aryl methyl sites for hydroxylation is 1. The molecule has 2 aromatic heterocycles. The monoisotopic (exact) mass is 355 g/mol. The molecule has 3 aromatic rings. The molecule has 0 aliphatic heterocycles. The molecule has 0 radical (unpaired) electrons. The topological polar surface area (TPSA) is 98.4 Å². The molecule has 0 saturated heterocycles. The van der Waals surface area contributed by atoms with Crippen molar-refractivity contribution in [2.75, 3.05) is 12.3 Å². The van der Waals surface area contributed by atoms with Gasteiger partial charge in [-0.15, -0.1) is 0 Å². The number of aromatic amines is 1. The maximum Gasteiger partial charge on any atom is 0.233 e. The number of nitrogens with one attached hydrogen (secondary N) is 1. The zero-order valence-corrected chi connectivity index (χ0v) is 14.2. The largest absolute Gasteiger partial charge is 0.435 e. The molecule has 0 spiro atoms. The standard InChI is InChI=1S/C18H18FN5O2/c1-10-6-12-14(24-10)4-5-15(16(12)19)26-18-13(17(20)21-9-22-18)7-23-25-8-11-2-3-11/h4-7,9,11,24H,2-3,8H2,1H3,(H2,20,21,22). The van der Waals surface area contributed by atoms with E-state index in [0.717, 1.165) is 5.69 Å². The molecule has 0 bridgehead atoms. The van der Waals surface area contributed by atoms with Gasteiger partial charge in [-0.2, -0.15) is 0 Å². The molecule has 0 amide bonds. The number of halogens is 1. The molecule has 3 N–H and O–H groups in total. The molecule has 1 aliphatic carbocycles. The molecule has 1 fully saturated rings. The highest BCUT2D eigenvalue weighted by atomic mass is 19.1. The van der Waals surface area contributed by atoms with Crippen molar-refractivity contribution in [2.24, 2.45) is 11.1 Å². The minimum atomic E-state index is -0.475. The molecule has 26 heavy (non-hydrogen) atoms. The van der Waals surface area contributed by atoms with E-state index in [1.807, 2.05) is 6.92 Å². The third kappa shape index (κ3) is 3.30. The van der Waals surface area contributed by atoms with Crippen LogP contribution in [0.5, 0.6) is 11.6 Å². The van der Waals surface area contributed by atoms with Crippen LogP contribution in [0.15, 0.2) is 29.7 Å². The summed E-state index contributed by atoms with van der Waals surface area (Å²) in [6.45, 7) is 2.43. The fraction of sp³-hybridized carbons (Fsp3) is 0.278. The van der Waals surface area contributed by atoms with Gasteiger partial charge >= 0.3 is 0 Å². The number of hydrogen-bond acceptors (Lipinski definition) is 6. The molecule has 1 aliphatic rings. The number of aromatic nitrogens is 3. The SMILES string of the molecule is Cc1cc2c(F)c(Oc3ncnc(N)c3C=NOCC3CC3)ccc2[nH]1. The number of rotatable bonds is 6. The lowest BCUT2D eigenvalue weighted by Gasteiger charge is -2.09. The first-order valence-electron chi connectivity index (χ1n) is 8.33. The van der Waals surface area contributed by atoms with E-state index in [0.29, 0.717) is 29.0 Å². The first-order chi connectivity index (χ1) is 12.6. The van der Waals surface area contributed by atoms with E-state index in [2.05, 4.69) is 20.1 Å². The van der Waals surface area contributed by atoms with Crippen LogP contribution in [-0.4, -0.2) is 27.8 Å². The zero-order valence-electron chi connectivity index (χ0n) is 14.2. The molecule has 1 saturated carbocycles. The van der Waals surface area contributed by atoms with Crippen molar-refractivity contribution < 1.29 is 14.0 Å². The lowest BCUT2D eigenvalue weighted by molar-refractivity contribution is 0.135. The molecule has 0 atom stereocenters. The van der Waals surface area contributed by atoms with Crippen LogP contribution >= 0.6 is 0 Å². The number of benzene rings is 1. The van der Waals surface area contributed by atoms with Crippen LogP contribution in [0.1, 0.15) is 24.1 Å². The van der Waals surface area contributed by atoms with Gasteiger partial charge in [0.1, 0.15) is 24.3 Å². The van der Waals surface area contributed by atoms with E-state index in [1.54, 1.807) is 12.1 Å². The van der Waals surface area contributed by atoms with Gasteiger partial charge in [0.15, 0.2) is 11.6 Å². The third-order valence-corrected chi connectivity index (χ3v) is 4.19. The molecule has 4 rings (SSSR count). The fourth-order valence-electron chi connectivity index (χ4n) is 2.59. The number of H-pyrrole nitrogens is 1. The number of oxime groups is 1. The smallest absolute Gasteiger partial charge is 0.233 e. The van der Waals surface area contributed by atoms with Gasteiger partial charge in [-0.25, -0.2) is 14.4 Å². The fourth-order valence-corrected chi connectivity index (χ4v) is 2.59. The number of fused-ring (bicyclic) bond motifs is 1. The van der Waals surface area contributed by atoms with Gasteiger partial charge in [0.2, 0.25) is 5.88 Å². The maximum atomic E-state index is 14.7. The van der Waals surface area contributed by atoms with Crippen molar-refractivity contribution in [3.63, 3.8) is 0 Å². The van der Waals surface area contributed by atoms with Crippen LogP contribution in [-0.2, 0) is 4.84 Å². The van der Waals surface area contributed by atoms with Crippen LogP contribution in [0.4, 0.5) is 10.2 Å². The minimum Gasteiger partial charge on any atom is -0.435 e. The van der Waals surface area contributed by atoms with Crippen LogP contribution in [0, 0.1) is 18.7 Å². The summed E-state index contributed by atoms with van der Waals surface area (Å²) in [5.41, 5.74) is 7.79. The quantitative estimate of drug-likeness (QED) is 0.520. The van der Waals surface area contributed by atoms with E-state index < -0.39 is 5.82 Å². The summed E-state index contributed by atoms with van der Waals surface area (Å²) in [5, 5.41) is 4.35. The van der Waals surface area contributed by atoms with E-state index >= 15 is 0 Å². The predicted octanol–water partition coefficient (Wildman–Crippen LogP) is 3.54. The highest BCUT2D eigenvalue weighted by Gasteiger charge is 2.22. The number of hydrogen-bond donors (Lipinski definition) is 2. The van der Waals surface area contributed by atoms with Crippen molar-refractivity contribution in [3.8, 4) is 11.6 Å². The Morgan fingerprint density at radius 2 is 2.23 bits per heavy atom. The molecule has 7 nitrogen and oxygen atoms in total. The molecule has 1 aromatic carbocycles. The molecule has 2 heterocycles. The Kier molecular flexibility index (Phi) is 4.16. The van der Waals surface area contributed by atoms with Crippen LogP contribution in [0.25, 0.3) is 10.9 Å². The van der Waals surface area contributed by atoms with Gasteiger partial charge in [-0.1, -0.05) is 5.16 Å². The van der Waals surface area contributed by atoms with Crippen molar-refractivity contribution in [1.82, 2.24) is 15.0 Å². The summed E-state index contributed by atoms with van der Waals surface area (Å²) in [5.74, 6) is 0.437. The van der Waals surface area contributed by atoms with Crippen molar-refractivity contribution in [3.05, 3.63) is 41.6 Å². The Bertz CT molecular complexity index is 981. The highest BCUT2D eigenvalue weighted by molar-refractivity contribution is 5.88. The Morgan fingerprint density at radius 1 is 1.38 bits per heavy atom. The Morgan fingerprint density at radius 3 is 3.04 bits per heavy atom. The van der Waals surface area contributed by atoms with Crippen LogP contribution in [0.2, 0.25) is 0 Å². The maximum absolute atomic E-state index is 14.7. The van der Waals surface area contributed by atoms with E-state index in [4.69, 9.17) is 15.3 Å². The van der Waals surface area contributed by atoms with E-state index in [9.17, 15) is 4.39 Å². The number of nitrogens with zero attached hydrogens (tertiary/aromatic N) is 3. The first-order valence-corrected chi connectivity index (χ1v) is 8.33. The molecule has 0 unspecified atom stereocenters. The lowest BCUT2D eigenvalue weighted by Crippen LogP contribution is -2.03. The molecular formula is C18H18FN5O2. The zero-order chi connectivity index (χ0) is 18.1. The van der Waals surface area contributed by atoms with Gasteiger partial charge in [-0.05, 0) is 43.9 Å². The van der Waals surface area contributed by atoms with Crippen LogP contribution < -0.4 is 10.5 Å². The van der Waals surface area contributed by atoms with Gasteiger partial charge in [-0.3, -0.25) is 0 Å². The Balaban J connectivity index is 1.61. The van der Waals surface area contributed by atoms with E-state index in [-0.39, 0.29) is 17.4 Å². The average molecular weight is 355 g/mol. The van der Waals surface area contributed by atoms with Gasteiger partial charge in [0, 0.05) is 16.6 Å². The highest BCUT2D eigenvalue weighted by Crippen LogP contribution is 2.32. The number of anilines is 1. The summed E-state index contributed by atoms with van der Waals surface area (Å²) in [6.07, 6.45) is 4.98. The predicted molar refractivity (Wildman–Crippen MR) is 95.8 cm³/mol. The summed E-state index contributed by atoms with van der Waals surface area (Å²) < 4.78 is 20.4. The second-order valence-electron chi connectivity index (χ2n) is 6.34. The van der Waals surface area contributed by atoms with Gasteiger partial charge in [0.25, 0.3) is 0 Å². The van der Waals surface area contributed by atoms with Crippen molar-refractivity contribution in [1.29, 1.82) is 0 Å². The second kappa shape index (κ2) is 6.62. The number of nitrogens with two attached hydrogens (primary N) is 1. The summed E-state index contributed by atoms with van der Waals surface area (Å²) >= 11 is 0. The molecule has 8 heteroatoms. The van der Waals surface area contributed by atoms with Gasteiger partial charge < -0.3 is 20.3 Å². The Labute approximate surface area is 149 Å². The molecular weight excluding hydrogens is 337 g/mol. The lowest BCUT2D eigenvalue weighted by atomic mass is 10.2. The van der Waals surface area contributed by atoms with Crippen molar-refractivity contribution >= 4 is 22.9 Å². The average Bonchev–Trinajstić information content (AvgIpc) is 3.36.